The number of nitrogens with zero attached hydrogens (tertiary/aromatic N) is 1. The van der Waals surface area contributed by atoms with Crippen LogP contribution in [0.3, 0.4) is 0 Å². The van der Waals surface area contributed by atoms with Gasteiger partial charge in [0.15, 0.2) is 11.5 Å². The van der Waals surface area contributed by atoms with E-state index in [0.29, 0.717) is 27.6 Å². The maximum atomic E-state index is 14.7. The molecular formula is C26H16ClF2NO4. The van der Waals surface area contributed by atoms with Crippen LogP contribution in [0.1, 0.15) is 27.7 Å². The van der Waals surface area contributed by atoms with Gasteiger partial charge in [0.1, 0.15) is 17.2 Å². The Morgan fingerprint density at radius 3 is 2.59 bits per heavy atom. The number of fused-ring (bicyclic) bond motifs is 1. The molecule has 5 rings (SSSR count). The lowest BCUT2D eigenvalue weighted by Gasteiger charge is -2.27. The minimum Gasteiger partial charge on any atom is -0.503 e. The zero-order chi connectivity index (χ0) is 24.1. The van der Waals surface area contributed by atoms with Crippen LogP contribution in [0.15, 0.2) is 82.5 Å². The quantitative estimate of drug-likeness (QED) is 0.341. The fourth-order valence-electron chi connectivity index (χ4n) is 4.18. The van der Waals surface area contributed by atoms with E-state index in [2.05, 4.69) is 0 Å². The zero-order valence-corrected chi connectivity index (χ0v) is 18.4. The topological polar surface area (TPSA) is 70.7 Å². The Labute approximate surface area is 197 Å². The highest BCUT2D eigenvalue weighted by Crippen LogP contribution is 2.43. The molecule has 1 atom stereocenters. The van der Waals surface area contributed by atoms with Crippen LogP contribution in [0.5, 0.6) is 0 Å². The minimum atomic E-state index is -1.17. The summed E-state index contributed by atoms with van der Waals surface area (Å²) in [6.45, 7) is 1.82. The second kappa shape index (κ2) is 8.11. The number of aliphatic hydroxyl groups is 1. The molecular weight excluding hydrogens is 464 g/mol. The predicted molar refractivity (Wildman–Crippen MR) is 123 cm³/mol. The minimum absolute atomic E-state index is 0.120. The number of aryl methyl sites for hydroxylation is 1. The first-order chi connectivity index (χ1) is 16.2. The van der Waals surface area contributed by atoms with Crippen molar-refractivity contribution in [2.24, 2.45) is 0 Å². The van der Waals surface area contributed by atoms with Crippen molar-refractivity contribution in [1.82, 2.24) is 0 Å². The van der Waals surface area contributed by atoms with Gasteiger partial charge in [0.2, 0.25) is 5.78 Å². The van der Waals surface area contributed by atoms with E-state index in [1.807, 2.05) is 13.0 Å². The maximum Gasteiger partial charge on any atom is 0.294 e. The summed E-state index contributed by atoms with van der Waals surface area (Å²) < 4.78 is 34.0. The number of halogens is 3. The van der Waals surface area contributed by atoms with Crippen molar-refractivity contribution in [3.63, 3.8) is 0 Å². The van der Waals surface area contributed by atoms with Gasteiger partial charge in [-0.15, -0.1) is 0 Å². The van der Waals surface area contributed by atoms with Crippen molar-refractivity contribution in [2.75, 3.05) is 4.90 Å². The maximum absolute atomic E-state index is 14.7. The summed E-state index contributed by atoms with van der Waals surface area (Å²) in [7, 11) is 0. The lowest BCUT2D eigenvalue weighted by molar-refractivity contribution is -0.117. The largest absolute Gasteiger partial charge is 0.503 e. The van der Waals surface area contributed by atoms with Crippen LogP contribution in [0.25, 0.3) is 11.0 Å². The van der Waals surface area contributed by atoms with Gasteiger partial charge in [-0.2, -0.15) is 0 Å². The molecule has 3 aromatic carbocycles. The number of Topliss-reactive ketones (excluding diaryl/α,β-unsaturated/α-hetero) is 1. The number of benzene rings is 3. The monoisotopic (exact) mass is 479 g/mol. The van der Waals surface area contributed by atoms with Gasteiger partial charge >= 0.3 is 0 Å². The smallest absolute Gasteiger partial charge is 0.294 e. The van der Waals surface area contributed by atoms with Gasteiger partial charge in [-0.1, -0.05) is 41.4 Å². The first kappa shape index (κ1) is 21.9. The highest BCUT2D eigenvalue weighted by molar-refractivity contribution is 6.31. The molecule has 1 N–H and O–H groups in total. The van der Waals surface area contributed by atoms with Gasteiger partial charge in [0.25, 0.3) is 5.91 Å². The van der Waals surface area contributed by atoms with Crippen LogP contribution in [0.2, 0.25) is 5.02 Å². The number of hydrogen-bond donors (Lipinski definition) is 1. The molecule has 170 valence electrons. The Kier molecular flexibility index (Phi) is 5.21. The molecule has 1 aliphatic rings. The lowest BCUT2D eigenvalue weighted by atomic mass is 9.93. The average Bonchev–Trinajstić information content (AvgIpc) is 3.32. The van der Waals surface area contributed by atoms with E-state index in [9.17, 15) is 23.5 Å². The van der Waals surface area contributed by atoms with Crippen LogP contribution < -0.4 is 4.90 Å². The summed E-state index contributed by atoms with van der Waals surface area (Å²) in [6.07, 6.45) is 0. The van der Waals surface area contributed by atoms with Crippen LogP contribution in [-0.2, 0) is 4.79 Å². The highest BCUT2D eigenvalue weighted by Gasteiger charge is 2.46. The van der Waals surface area contributed by atoms with Crippen LogP contribution in [0.4, 0.5) is 14.5 Å². The van der Waals surface area contributed by atoms with Crippen molar-refractivity contribution in [3.8, 4) is 0 Å². The van der Waals surface area contributed by atoms with Gasteiger partial charge in [0.05, 0.1) is 17.3 Å². The van der Waals surface area contributed by atoms with Crippen molar-refractivity contribution in [2.45, 2.75) is 13.0 Å². The number of ketones is 1. The van der Waals surface area contributed by atoms with Gasteiger partial charge in [-0.05, 0) is 48.9 Å². The molecule has 1 unspecified atom stereocenters. The van der Waals surface area contributed by atoms with Gasteiger partial charge in [-0.3, -0.25) is 14.5 Å². The van der Waals surface area contributed by atoms with E-state index in [0.717, 1.165) is 22.6 Å². The summed E-state index contributed by atoms with van der Waals surface area (Å²) >= 11 is 6.02. The standard InChI is InChI=1S/C26H16ClF2NO4/c1-13-3-2-4-14(9-13)23-22(24(31)21-11-15-10-16(27)5-8-20(15)34-21)25(32)26(33)30(23)19-7-6-17(28)12-18(19)29/h2-12,23,32H,1H3. The van der Waals surface area contributed by atoms with E-state index < -0.39 is 35.1 Å². The van der Waals surface area contributed by atoms with Crippen LogP contribution in [-0.4, -0.2) is 16.8 Å². The van der Waals surface area contributed by atoms with Crippen molar-refractivity contribution < 1.29 is 27.9 Å². The Balaban J connectivity index is 1.68. The molecule has 0 bridgehead atoms. The van der Waals surface area contributed by atoms with E-state index >= 15 is 0 Å². The molecule has 0 fully saturated rings. The van der Waals surface area contributed by atoms with E-state index in [-0.39, 0.29) is 17.0 Å². The molecule has 4 aromatic rings. The normalized spacial score (nSPS) is 16.1. The average molecular weight is 480 g/mol. The zero-order valence-electron chi connectivity index (χ0n) is 17.7. The first-order valence-corrected chi connectivity index (χ1v) is 10.6. The third-order valence-corrected chi connectivity index (χ3v) is 5.92. The Morgan fingerprint density at radius 2 is 1.85 bits per heavy atom. The van der Waals surface area contributed by atoms with E-state index in [1.54, 1.807) is 36.4 Å². The second-order valence-corrected chi connectivity index (χ2v) is 8.41. The molecule has 1 aliphatic heterocycles. The summed E-state index contributed by atoms with van der Waals surface area (Å²) in [5, 5.41) is 11.8. The third-order valence-electron chi connectivity index (χ3n) is 5.68. The van der Waals surface area contributed by atoms with Gasteiger partial charge in [-0.25, -0.2) is 8.78 Å². The molecule has 8 heteroatoms. The Morgan fingerprint density at radius 1 is 1.06 bits per heavy atom. The molecule has 5 nitrogen and oxygen atoms in total. The number of rotatable bonds is 4. The summed E-state index contributed by atoms with van der Waals surface area (Å²) in [5.41, 5.74) is 1.13. The number of aliphatic hydroxyl groups excluding tert-OH is 1. The lowest BCUT2D eigenvalue weighted by Crippen LogP contribution is -2.31. The van der Waals surface area contributed by atoms with Crippen LogP contribution in [0, 0.1) is 18.6 Å². The summed E-state index contributed by atoms with van der Waals surface area (Å²) in [5.74, 6) is -4.51. The fourth-order valence-corrected chi connectivity index (χ4v) is 4.36. The van der Waals surface area contributed by atoms with Crippen LogP contribution >= 0.6 is 11.6 Å². The third kappa shape index (κ3) is 3.54. The van der Waals surface area contributed by atoms with Crippen molar-refractivity contribution in [3.05, 3.63) is 112 Å². The summed E-state index contributed by atoms with van der Waals surface area (Å²) in [4.78, 5) is 27.6. The fraction of sp³-hybridized carbons (Fsp3) is 0.0769. The molecule has 0 aliphatic carbocycles. The Bertz CT molecular complexity index is 1520. The number of furan rings is 1. The molecule has 0 saturated heterocycles. The van der Waals surface area contributed by atoms with Gasteiger partial charge < -0.3 is 9.52 Å². The summed E-state index contributed by atoms with van der Waals surface area (Å²) in [6, 6.07) is 14.7. The molecule has 34 heavy (non-hydrogen) atoms. The number of carbonyl (C=O) groups excluding carboxylic acids is 2. The molecule has 1 amide bonds. The number of hydrogen-bond acceptors (Lipinski definition) is 4. The predicted octanol–water partition coefficient (Wildman–Crippen LogP) is 6.46. The Hall–Kier alpha value is -3.97. The van der Waals surface area contributed by atoms with Gasteiger partial charge in [0, 0.05) is 16.5 Å². The number of amides is 1. The molecule has 1 aromatic heterocycles. The number of carbonyl (C=O) groups is 2. The SMILES string of the molecule is Cc1cccc(C2C(C(=O)c3cc4cc(Cl)ccc4o3)=C(O)C(=O)N2c2ccc(F)cc2F)c1. The van der Waals surface area contributed by atoms with E-state index in [4.69, 9.17) is 16.0 Å². The molecule has 2 heterocycles. The van der Waals surface area contributed by atoms with E-state index in [1.165, 1.54) is 6.07 Å². The van der Waals surface area contributed by atoms with Crippen molar-refractivity contribution in [1.29, 1.82) is 0 Å². The number of anilines is 1. The molecule has 0 radical (unpaired) electrons. The molecule has 0 saturated carbocycles. The highest BCUT2D eigenvalue weighted by atomic mass is 35.5. The second-order valence-electron chi connectivity index (χ2n) is 7.97. The molecule has 0 spiro atoms. The first-order valence-electron chi connectivity index (χ1n) is 10.3. The van der Waals surface area contributed by atoms with Crippen molar-refractivity contribution >= 4 is 39.9 Å².